The smallest absolute Gasteiger partial charge is 0.289 e. The van der Waals surface area contributed by atoms with Gasteiger partial charge in [0.15, 0.2) is 5.82 Å². The van der Waals surface area contributed by atoms with E-state index in [4.69, 9.17) is 0 Å². The molecule has 1 spiro atoms. The minimum atomic E-state index is 0.0460. The minimum Gasteiger partial charge on any atom is -0.341 e. The van der Waals surface area contributed by atoms with Crippen LogP contribution in [0.15, 0.2) is 12.4 Å². The highest BCUT2D eigenvalue weighted by atomic mass is 16.2. The molecule has 0 bridgehead atoms. The molecular formula is C13H20N4O. The van der Waals surface area contributed by atoms with Gasteiger partial charge in [-0.3, -0.25) is 4.79 Å². The van der Waals surface area contributed by atoms with Crippen LogP contribution in [0.25, 0.3) is 0 Å². The number of piperidine rings is 2. The topological polar surface area (TPSA) is 61.0 Å². The summed E-state index contributed by atoms with van der Waals surface area (Å²) in [4.78, 5) is 21.2. The van der Waals surface area contributed by atoms with Gasteiger partial charge in [-0.25, -0.2) is 4.98 Å². The number of imidazole rings is 1. The van der Waals surface area contributed by atoms with E-state index in [0.29, 0.717) is 11.2 Å². The Bertz CT molecular complexity index is 403. The predicted octanol–water partition coefficient (Wildman–Crippen LogP) is 1.02. The second-order valence-electron chi connectivity index (χ2n) is 5.55. The molecular weight excluding hydrogens is 228 g/mol. The molecule has 3 rings (SSSR count). The van der Waals surface area contributed by atoms with Crippen molar-refractivity contribution in [2.75, 3.05) is 26.2 Å². The Kier molecular flexibility index (Phi) is 3.07. The monoisotopic (exact) mass is 248 g/mol. The zero-order valence-corrected chi connectivity index (χ0v) is 10.6. The standard InChI is InChI=1S/C13H20N4O/c18-12(11-15-6-7-16-11)17-8-2-4-13(10-17)3-1-5-14-9-13/h6-7,14H,1-5,8-10H2,(H,15,16). The van der Waals surface area contributed by atoms with Crippen LogP contribution in [-0.4, -0.2) is 47.0 Å². The van der Waals surface area contributed by atoms with Gasteiger partial charge in [0.05, 0.1) is 0 Å². The molecule has 1 aromatic rings. The average molecular weight is 248 g/mol. The lowest BCUT2D eigenvalue weighted by Crippen LogP contribution is -2.52. The number of likely N-dealkylation sites (tertiary alicyclic amines) is 1. The fraction of sp³-hybridized carbons (Fsp3) is 0.692. The lowest BCUT2D eigenvalue weighted by Gasteiger charge is -2.45. The van der Waals surface area contributed by atoms with E-state index < -0.39 is 0 Å². The Morgan fingerprint density at radius 2 is 2.28 bits per heavy atom. The van der Waals surface area contributed by atoms with Gasteiger partial charge in [-0.1, -0.05) is 0 Å². The first-order chi connectivity index (χ1) is 8.79. The van der Waals surface area contributed by atoms with Crippen molar-refractivity contribution in [3.63, 3.8) is 0 Å². The maximum atomic E-state index is 12.3. The highest BCUT2D eigenvalue weighted by Crippen LogP contribution is 2.36. The van der Waals surface area contributed by atoms with Crippen molar-refractivity contribution in [1.82, 2.24) is 20.2 Å². The molecule has 2 fully saturated rings. The maximum Gasteiger partial charge on any atom is 0.289 e. The molecule has 1 atom stereocenters. The summed E-state index contributed by atoms with van der Waals surface area (Å²) < 4.78 is 0. The number of carbonyl (C=O) groups excluding carboxylic acids is 1. The third-order valence-corrected chi connectivity index (χ3v) is 4.21. The zero-order chi connectivity index (χ0) is 12.4. The van der Waals surface area contributed by atoms with Gasteiger partial charge in [-0.05, 0) is 32.2 Å². The lowest BCUT2D eigenvalue weighted by atomic mass is 9.74. The third-order valence-electron chi connectivity index (χ3n) is 4.21. The van der Waals surface area contributed by atoms with Crippen molar-refractivity contribution < 1.29 is 4.79 Å². The molecule has 2 N–H and O–H groups in total. The fourth-order valence-electron chi connectivity index (χ4n) is 3.29. The molecule has 0 radical (unpaired) electrons. The summed E-state index contributed by atoms with van der Waals surface area (Å²) in [7, 11) is 0. The Morgan fingerprint density at radius 3 is 3.00 bits per heavy atom. The normalized spacial score (nSPS) is 28.6. The van der Waals surface area contributed by atoms with Crippen LogP contribution >= 0.6 is 0 Å². The molecule has 1 amide bonds. The van der Waals surface area contributed by atoms with Crippen LogP contribution in [0.5, 0.6) is 0 Å². The number of nitrogens with one attached hydrogen (secondary N) is 2. The second-order valence-corrected chi connectivity index (χ2v) is 5.55. The zero-order valence-electron chi connectivity index (χ0n) is 10.6. The summed E-state index contributed by atoms with van der Waals surface area (Å²) >= 11 is 0. The summed E-state index contributed by atoms with van der Waals surface area (Å²) in [6, 6.07) is 0. The van der Waals surface area contributed by atoms with Crippen LogP contribution < -0.4 is 5.32 Å². The van der Waals surface area contributed by atoms with Gasteiger partial charge in [0.1, 0.15) is 0 Å². The van der Waals surface area contributed by atoms with E-state index in [2.05, 4.69) is 15.3 Å². The van der Waals surface area contributed by atoms with Crippen molar-refractivity contribution in [2.24, 2.45) is 5.41 Å². The molecule has 2 aliphatic rings. The SMILES string of the molecule is O=C(c1ncc[nH]1)N1CCCC2(CCCNC2)C1. The Labute approximate surface area is 107 Å². The van der Waals surface area contributed by atoms with E-state index in [9.17, 15) is 4.79 Å². The number of hydrogen-bond donors (Lipinski definition) is 2. The number of rotatable bonds is 1. The molecule has 5 heteroatoms. The van der Waals surface area contributed by atoms with E-state index in [-0.39, 0.29) is 5.91 Å². The summed E-state index contributed by atoms with van der Waals surface area (Å²) in [6.07, 6.45) is 8.14. The van der Waals surface area contributed by atoms with Crippen LogP contribution in [0.1, 0.15) is 36.3 Å². The van der Waals surface area contributed by atoms with E-state index in [1.54, 1.807) is 12.4 Å². The minimum absolute atomic E-state index is 0.0460. The molecule has 1 aromatic heterocycles. The van der Waals surface area contributed by atoms with Crippen molar-refractivity contribution in [2.45, 2.75) is 25.7 Å². The predicted molar refractivity (Wildman–Crippen MR) is 68.3 cm³/mol. The highest BCUT2D eigenvalue weighted by molar-refractivity contribution is 5.90. The Morgan fingerprint density at radius 1 is 1.39 bits per heavy atom. The van der Waals surface area contributed by atoms with E-state index in [0.717, 1.165) is 32.6 Å². The van der Waals surface area contributed by atoms with E-state index in [1.165, 1.54) is 19.3 Å². The molecule has 0 aromatic carbocycles. The number of H-pyrrole nitrogens is 1. The number of nitrogens with zero attached hydrogens (tertiary/aromatic N) is 2. The number of hydrogen-bond acceptors (Lipinski definition) is 3. The molecule has 1 unspecified atom stereocenters. The molecule has 0 saturated carbocycles. The quantitative estimate of drug-likeness (QED) is 0.780. The third kappa shape index (κ3) is 2.14. The van der Waals surface area contributed by atoms with E-state index in [1.807, 2.05) is 4.90 Å². The van der Waals surface area contributed by atoms with Crippen molar-refractivity contribution in [1.29, 1.82) is 0 Å². The molecule has 5 nitrogen and oxygen atoms in total. The highest BCUT2D eigenvalue weighted by Gasteiger charge is 2.38. The lowest BCUT2D eigenvalue weighted by molar-refractivity contribution is 0.0424. The molecule has 2 aliphatic heterocycles. The summed E-state index contributed by atoms with van der Waals surface area (Å²) in [5.74, 6) is 0.514. The van der Waals surface area contributed by atoms with Crippen LogP contribution in [0, 0.1) is 5.41 Å². The molecule has 0 aliphatic carbocycles. The van der Waals surface area contributed by atoms with Gasteiger partial charge in [0.25, 0.3) is 5.91 Å². The second kappa shape index (κ2) is 4.72. The summed E-state index contributed by atoms with van der Waals surface area (Å²) in [5, 5.41) is 3.48. The molecule has 98 valence electrons. The molecule has 3 heterocycles. The van der Waals surface area contributed by atoms with Crippen LogP contribution in [0.3, 0.4) is 0 Å². The summed E-state index contributed by atoms with van der Waals surface area (Å²) in [5.41, 5.74) is 0.304. The van der Waals surface area contributed by atoms with Gasteiger partial charge in [-0.15, -0.1) is 0 Å². The average Bonchev–Trinajstić information content (AvgIpc) is 2.93. The first-order valence-corrected chi connectivity index (χ1v) is 6.79. The Balaban J connectivity index is 1.72. The van der Waals surface area contributed by atoms with Crippen molar-refractivity contribution >= 4 is 5.91 Å². The van der Waals surface area contributed by atoms with E-state index >= 15 is 0 Å². The number of aromatic nitrogens is 2. The first kappa shape index (κ1) is 11.7. The fourth-order valence-corrected chi connectivity index (χ4v) is 3.29. The number of aromatic amines is 1. The van der Waals surface area contributed by atoms with Crippen molar-refractivity contribution in [3.8, 4) is 0 Å². The van der Waals surface area contributed by atoms with Crippen molar-refractivity contribution in [3.05, 3.63) is 18.2 Å². The van der Waals surface area contributed by atoms with Crippen LogP contribution in [-0.2, 0) is 0 Å². The number of carbonyl (C=O) groups is 1. The van der Waals surface area contributed by atoms with Gasteiger partial charge in [0, 0.05) is 37.4 Å². The largest absolute Gasteiger partial charge is 0.341 e. The molecule has 2 saturated heterocycles. The van der Waals surface area contributed by atoms with Gasteiger partial charge >= 0.3 is 0 Å². The van der Waals surface area contributed by atoms with Crippen LogP contribution in [0.4, 0.5) is 0 Å². The van der Waals surface area contributed by atoms with Gasteiger partial charge in [-0.2, -0.15) is 0 Å². The molecule has 18 heavy (non-hydrogen) atoms. The summed E-state index contributed by atoms with van der Waals surface area (Å²) in [6.45, 7) is 3.91. The van der Waals surface area contributed by atoms with Gasteiger partial charge in [0.2, 0.25) is 0 Å². The first-order valence-electron chi connectivity index (χ1n) is 6.79. The maximum absolute atomic E-state index is 12.3. The Hall–Kier alpha value is -1.36. The number of amides is 1. The van der Waals surface area contributed by atoms with Gasteiger partial charge < -0.3 is 15.2 Å². The van der Waals surface area contributed by atoms with Crippen LogP contribution in [0.2, 0.25) is 0 Å².